The summed E-state index contributed by atoms with van der Waals surface area (Å²) in [7, 11) is 0. The minimum absolute atomic E-state index is 0.285. The Morgan fingerprint density at radius 2 is 1.80 bits per heavy atom. The number of hydrogen-bond acceptors (Lipinski definition) is 2. The van der Waals surface area contributed by atoms with E-state index in [0.29, 0.717) is 32.3 Å². The summed E-state index contributed by atoms with van der Waals surface area (Å²) in [5.41, 5.74) is 7.28. The van der Waals surface area contributed by atoms with E-state index in [4.69, 9.17) is 5.73 Å². The summed E-state index contributed by atoms with van der Waals surface area (Å²) in [6.07, 6.45) is 0.985. The largest absolute Gasteiger partial charge is 0.327 e. The molecule has 0 aliphatic carbocycles. The fourth-order valence-electron chi connectivity index (χ4n) is 1.12. The van der Waals surface area contributed by atoms with Gasteiger partial charge in [-0.15, -0.1) is 0 Å². The van der Waals surface area contributed by atoms with Gasteiger partial charge in [0, 0.05) is 6.04 Å². The predicted molar refractivity (Wildman–Crippen MR) is 62.5 cm³/mol. The van der Waals surface area contributed by atoms with Gasteiger partial charge in [-0.2, -0.15) is 0 Å². The zero-order valence-electron chi connectivity index (χ0n) is 9.69. The van der Waals surface area contributed by atoms with Crippen molar-refractivity contribution in [2.45, 2.75) is 26.3 Å². The van der Waals surface area contributed by atoms with Gasteiger partial charge >= 0.3 is 35.9 Å². The molecule has 0 heterocycles. The molecule has 1 aromatic carbocycles. The van der Waals surface area contributed by atoms with E-state index >= 15 is 0 Å². The molecule has 1 aromatic rings. The topological polar surface area (TPSA) is 38.4 Å². The van der Waals surface area contributed by atoms with Gasteiger partial charge in [0.05, 0.1) is 0 Å². The minimum atomic E-state index is 0.285. The normalized spacial score (nSPS) is 11.6. The summed E-state index contributed by atoms with van der Waals surface area (Å²) in [6.45, 7) is 7.52. The first-order chi connectivity index (χ1) is 7.11. The van der Waals surface area contributed by atoms with Crippen molar-refractivity contribution in [1.82, 2.24) is 0 Å². The molecule has 15 heavy (non-hydrogen) atoms. The molecule has 0 radical (unpaired) electrons. The molecule has 1 rings (SSSR count). The maximum absolute atomic E-state index is 5.95. The van der Waals surface area contributed by atoms with Gasteiger partial charge in [0.1, 0.15) is 0 Å². The third kappa shape index (κ3) is 7.68. The second kappa shape index (κ2) is 9.04. The predicted octanol–water partition coefficient (Wildman–Crippen LogP) is 2.36. The minimum Gasteiger partial charge on any atom is -0.327 e. The average molecular weight is 392 g/mol. The van der Waals surface area contributed by atoms with Crippen LogP contribution in [0, 0.1) is 5.92 Å². The Morgan fingerprint density at radius 1 is 1.33 bits per heavy atom. The van der Waals surface area contributed by atoms with Crippen molar-refractivity contribution in [3.05, 3.63) is 35.9 Å². The molecule has 3 heteroatoms. The molecule has 2 nitrogen and oxygen atoms in total. The van der Waals surface area contributed by atoms with Gasteiger partial charge < -0.3 is 5.73 Å². The first-order valence-electron chi connectivity index (χ1n) is 5.13. The molecule has 0 bridgehead atoms. The Bertz CT molecular complexity index is 260. The SMILES string of the molecule is C=[N][Hg].CC(C)C(N)Cc1ccccc1. The van der Waals surface area contributed by atoms with Gasteiger partial charge in [-0.3, -0.25) is 0 Å². The number of hydrogen-bond donors (Lipinski definition) is 1. The summed E-state index contributed by atoms with van der Waals surface area (Å²) >= 11 is 0.580. The number of rotatable bonds is 3. The Labute approximate surface area is 109 Å². The fraction of sp³-hybridized carbons (Fsp3) is 0.417. The van der Waals surface area contributed by atoms with Crippen molar-refractivity contribution in [3.8, 4) is 0 Å². The molecular formula is C12H19HgN2. The van der Waals surface area contributed by atoms with Crippen LogP contribution in [-0.2, 0) is 32.8 Å². The molecule has 0 fully saturated rings. The molecular weight excluding hydrogens is 373 g/mol. The van der Waals surface area contributed by atoms with Crippen molar-refractivity contribution in [2.24, 2.45) is 14.4 Å². The number of nitrogens with zero attached hydrogens (tertiary/aromatic N) is 1. The standard InChI is InChI=1S/C11H17N.CH2N.Hg/c1-9(2)11(12)8-10-6-4-3-5-7-10;1-2;/h3-7,9,11H,8,12H2,1-2H3;1H2;/q;-1;+1. The van der Waals surface area contributed by atoms with Crippen LogP contribution in [0.25, 0.3) is 0 Å². The zero-order valence-corrected chi connectivity index (χ0v) is 15.2. The van der Waals surface area contributed by atoms with Gasteiger partial charge in [-0.25, -0.2) is 0 Å². The maximum Gasteiger partial charge on any atom is 0.0102 e. The Kier molecular flexibility index (Phi) is 8.91. The van der Waals surface area contributed by atoms with E-state index in [1.54, 1.807) is 0 Å². The van der Waals surface area contributed by atoms with E-state index < -0.39 is 0 Å². The van der Waals surface area contributed by atoms with Crippen LogP contribution < -0.4 is 5.73 Å². The van der Waals surface area contributed by atoms with E-state index in [2.05, 4.69) is 47.6 Å². The summed E-state index contributed by atoms with van der Waals surface area (Å²) in [5.74, 6) is 0.560. The average Bonchev–Trinajstić information content (AvgIpc) is 2.20. The second-order valence-electron chi connectivity index (χ2n) is 3.82. The summed E-state index contributed by atoms with van der Waals surface area (Å²) in [4.78, 5) is 0. The molecule has 0 spiro atoms. The smallest absolute Gasteiger partial charge is 0.0102 e. The maximum atomic E-state index is 5.95. The Hall–Kier alpha value is -0.215. The molecule has 2 N–H and O–H groups in total. The summed E-state index contributed by atoms with van der Waals surface area (Å²) < 4.78 is 3.44. The van der Waals surface area contributed by atoms with E-state index in [9.17, 15) is 0 Å². The third-order valence-corrected chi connectivity index (χ3v) is 2.17. The molecule has 0 amide bonds. The van der Waals surface area contributed by atoms with Crippen LogP contribution in [0.2, 0.25) is 0 Å². The van der Waals surface area contributed by atoms with E-state index in [-0.39, 0.29) is 6.04 Å². The van der Waals surface area contributed by atoms with Crippen LogP contribution in [0.3, 0.4) is 0 Å². The van der Waals surface area contributed by atoms with Crippen molar-refractivity contribution in [2.75, 3.05) is 0 Å². The molecule has 0 aliphatic rings. The van der Waals surface area contributed by atoms with Crippen molar-refractivity contribution in [1.29, 1.82) is 0 Å². The van der Waals surface area contributed by atoms with E-state index in [0.717, 1.165) is 6.42 Å². The van der Waals surface area contributed by atoms with Crippen LogP contribution in [0.5, 0.6) is 0 Å². The van der Waals surface area contributed by atoms with E-state index in [1.807, 2.05) is 6.07 Å². The first kappa shape index (κ1) is 14.8. The second-order valence-corrected chi connectivity index (χ2v) is 5.56. The van der Waals surface area contributed by atoms with Gasteiger partial charge in [0.15, 0.2) is 0 Å². The van der Waals surface area contributed by atoms with Gasteiger partial charge in [0.25, 0.3) is 0 Å². The van der Waals surface area contributed by atoms with Crippen LogP contribution in [-0.4, -0.2) is 12.8 Å². The van der Waals surface area contributed by atoms with Crippen LogP contribution in [0.15, 0.2) is 33.1 Å². The monoisotopic (exact) mass is 393 g/mol. The Balaban J connectivity index is 0.000000583. The molecule has 1 atom stereocenters. The zero-order chi connectivity index (χ0) is 11.7. The van der Waals surface area contributed by atoms with Gasteiger partial charge in [-0.1, -0.05) is 44.2 Å². The van der Waals surface area contributed by atoms with E-state index in [1.165, 1.54) is 5.56 Å². The number of nitrogens with two attached hydrogens (primary N) is 1. The summed E-state index contributed by atoms with van der Waals surface area (Å²) in [6, 6.07) is 10.7. The summed E-state index contributed by atoms with van der Waals surface area (Å²) in [5, 5.41) is 0. The first-order valence-corrected chi connectivity index (χ1v) is 7.58. The molecule has 0 aromatic heterocycles. The molecule has 0 saturated heterocycles. The number of benzene rings is 1. The van der Waals surface area contributed by atoms with Crippen molar-refractivity contribution < 1.29 is 26.4 Å². The van der Waals surface area contributed by atoms with Crippen LogP contribution >= 0.6 is 0 Å². The molecule has 0 aliphatic heterocycles. The van der Waals surface area contributed by atoms with Crippen LogP contribution in [0.1, 0.15) is 19.4 Å². The van der Waals surface area contributed by atoms with Crippen molar-refractivity contribution in [3.63, 3.8) is 0 Å². The fourth-order valence-corrected chi connectivity index (χ4v) is 1.12. The molecule has 1 unspecified atom stereocenters. The molecule has 0 saturated carbocycles. The Morgan fingerprint density at radius 3 is 2.20 bits per heavy atom. The van der Waals surface area contributed by atoms with Gasteiger partial charge in [0.2, 0.25) is 0 Å². The molecule has 79 valence electrons. The quantitative estimate of drug-likeness (QED) is 0.623. The van der Waals surface area contributed by atoms with Crippen LogP contribution in [0.4, 0.5) is 0 Å². The third-order valence-electron chi connectivity index (χ3n) is 2.17. The van der Waals surface area contributed by atoms with Crippen molar-refractivity contribution >= 4 is 6.72 Å². The van der Waals surface area contributed by atoms with Gasteiger partial charge in [-0.05, 0) is 17.9 Å².